The van der Waals surface area contributed by atoms with Gasteiger partial charge in [-0.1, -0.05) is 11.2 Å². The molecule has 3 aromatic heterocycles. The average Bonchev–Trinajstić information content (AvgIpc) is 3.44. The normalized spacial score (nSPS) is 10.4. The standard InChI is InChI=1S/C19H20N4O5S/c1-26-16-7-6-12(19(22-16)27-2)17(24)20-8-4-9-21-18(25)13-11-14(28-23-13)15-5-3-10-29-15/h3,5-7,10-11H,4,8-9H2,1-2H3,(H,20,24)(H,21,25). The van der Waals surface area contributed by atoms with Crippen LogP contribution in [-0.2, 0) is 0 Å². The van der Waals surface area contributed by atoms with Crippen LogP contribution in [0.15, 0.2) is 40.2 Å². The molecule has 0 saturated carbocycles. The Hall–Kier alpha value is -3.40. The third kappa shape index (κ3) is 5.11. The van der Waals surface area contributed by atoms with Crippen molar-refractivity contribution in [2.24, 2.45) is 0 Å². The molecular formula is C19H20N4O5S. The number of nitrogens with one attached hydrogen (secondary N) is 2. The van der Waals surface area contributed by atoms with E-state index in [1.807, 2.05) is 17.5 Å². The predicted octanol–water partition coefficient (Wildman–Crippen LogP) is 2.37. The molecular weight excluding hydrogens is 396 g/mol. The summed E-state index contributed by atoms with van der Waals surface area (Å²) >= 11 is 1.50. The van der Waals surface area contributed by atoms with E-state index in [0.29, 0.717) is 36.7 Å². The second-order valence-corrected chi connectivity index (χ2v) is 6.78. The third-order valence-corrected chi connectivity index (χ3v) is 4.80. The molecule has 2 N–H and O–H groups in total. The van der Waals surface area contributed by atoms with Crippen LogP contribution in [0.5, 0.6) is 11.8 Å². The Morgan fingerprint density at radius 3 is 2.59 bits per heavy atom. The second kappa shape index (κ2) is 9.69. The van der Waals surface area contributed by atoms with Gasteiger partial charge in [-0.3, -0.25) is 9.59 Å². The molecule has 0 aromatic carbocycles. The molecule has 0 atom stereocenters. The number of rotatable bonds is 9. The molecule has 0 aliphatic rings. The summed E-state index contributed by atoms with van der Waals surface area (Å²) in [6, 6.07) is 8.56. The molecule has 0 unspecified atom stereocenters. The van der Waals surface area contributed by atoms with Crippen molar-refractivity contribution in [3.8, 4) is 22.4 Å². The van der Waals surface area contributed by atoms with E-state index in [9.17, 15) is 9.59 Å². The molecule has 0 spiro atoms. The van der Waals surface area contributed by atoms with Crippen molar-refractivity contribution in [3.63, 3.8) is 0 Å². The Balaban J connectivity index is 1.43. The lowest BCUT2D eigenvalue weighted by Gasteiger charge is -2.10. The van der Waals surface area contributed by atoms with Crippen LogP contribution >= 0.6 is 11.3 Å². The summed E-state index contributed by atoms with van der Waals surface area (Å²) in [6.07, 6.45) is 0.541. The van der Waals surface area contributed by atoms with Crippen LogP contribution in [0.3, 0.4) is 0 Å². The second-order valence-electron chi connectivity index (χ2n) is 5.83. The van der Waals surface area contributed by atoms with Crippen LogP contribution in [-0.4, -0.2) is 49.3 Å². The zero-order chi connectivity index (χ0) is 20.6. The number of methoxy groups -OCH3 is 2. The van der Waals surface area contributed by atoms with Crippen LogP contribution < -0.4 is 20.1 Å². The molecule has 0 saturated heterocycles. The Bertz CT molecular complexity index is 971. The van der Waals surface area contributed by atoms with Crippen LogP contribution in [0.4, 0.5) is 0 Å². The summed E-state index contributed by atoms with van der Waals surface area (Å²) in [6.45, 7) is 0.742. The first-order valence-electron chi connectivity index (χ1n) is 8.78. The van der Waals surface area contributed by atoms with Crippen molar-refractivity contribution in [2.75, 3.05) is 27.3 Å². The zero-order valence-electron chi connectivity index (χ0n) is 15.9. The number of pyridine rings is 1. The van der Waals surface area contributed by atoms with Crippen molar-refractivity contribution < 1.29 is 23.6 Å². The maximum atomic E-state index is 12.3. The molecule has 0 aliphatic heterocycles. The fourth-order valence-corrected chi connectivity index (χ4v) is 3.13. The van der Waals surface area contributed by atoms with E-state index in [0.717, 1.165) is 4.88 Å². The van der Waals surface area contributed by atoms with Gasteiger partial charge in [0.05, 0.1) is 19.1 Å². The molecule has 3 heterocycles. The molecule has 3 rings (SSSR count). The highest BCUT2D eigenvalue weighted by Gasteiger charge is 2.15. The van der Waals surface area contributed by atoms with E-state index in [-0.39, 0.29) is 23.4 Å². The molecule has 3 aromatic rings. The van der Waals surface area contributed by atoms with E-state index in [4.69, 9.17) is 14.0 Å². The summed E-state index contributed by atoms with van der Waals surface area (Å²) < 4.78 is 15.3. The van der Waals surface area contributed by atoms with Gasteiger partial charge in [-0.25, -0.2) is 0 Å². The number of ether oxygens (including phenoxy) is 2. The zero-order valence-corrected chi connectivity index (χ0v) is 16.7. The smallest absolute Gasteiger partial charge is 0.273 e. The van der Waals surface area contributed by atoms with Gasteiger partial charge < -0.3 is 24.6 Å². The Morgan fingerprint density at radius 1 is 1.10 bits per heavy atom. The van der Waals surface area contributed by atoms with Crippen LogP contribution in [0.25, 0.3) is 10.6 Å². The summed E-state index contributed by atoms with van der Waals surface area (Å²) in [5.41, 5.74) is 0.521. The Morgan fingerprint density at radius 2 is 1.90 bits per heavy atom. The van der Waals surface area contributed by atoms with E-state index in [1.54, 1.807) is 18.2 Å². The quantitative estimate of drug-likeness (QED) is 0.515. The summed E-state index contributed by atoms with van der Waals surface area (Å²) in [7, 11) is 2.92. The number of carbonyl (C=O) groups excluding carboxylic acids is 2. The fourth-order valence-electron chi connectivity index (χ4n) is 2.46. The first kappa shape index (κ1) is 20.3. The molecule has 0 aliphatic carbocycles. The molecule has 29 heavy (non-hydrogen) atoms. The number of aromatic nitrogens is 2. The van der Waals surface area contributed by atoms with Crippen LogP contribution in [0, 0.1) is 0 Å². The summed E-state index contributed by atoms with van der Waals surface area (Å²) in [5.74, 6) is 0.447. The van der Waals surface area contributed by atoms with Gasteiger partial charge in [0, 0.05) is 25.2 Å². The highest BCUT2D eigenvalue weighted by Crippen LogP contribution is 2.25. The van der Waals surface area contributed by atoms with Gasteiger partial charge in [-0.15, -0.1) is 11.3 Å². The van der Waals surface area contributed by atoms with Gasteiger partial charge in [-0.05, 0) is 23.9 Å². The number of hydrogen-bond donors (Lipinski definition) is 2. The minimum Gasteiger partial charge on any atom is -0.481 e. The number of thiophene rings is 1. The third-order valence-electron chi connectivity index (χ3n) is 3.91. The largest absolute Gasteiger partial charge is 0.481 e. The van der Waals surface area contributed by atoms with Gasteiger partial charge >= 0.3 is 0 Å². The SMILES string of the molecule is COc1ccc(C(=O)NCCCNC(=O)c2cc(-c3cccs3)on2)c(OC)n1. The van der Waals surface area contributed by atoms with Crippen molar-refractivity contribution in [3.05, 3.63) is 47.0 Å². The molecule has 9 nitrogen and oxygen atoms in total. The van der Waals surface area contributed by atoms with Gasteiger partial charge in [-0.2, -0.15) is 4.98 Å². The lowest BCUT2D eigenvalue weighted by Crippen LogP contribution is -2.30. The van der Waals surface area contributed by atoms with Gasteiger partial charge in [0.25, 0.3) is 11.8 Å². The first-order valence-corrected chi connectivity index (χ1v) is 9.66. The number of carbonyl (C=O) groups is 2. The van der Waals surface area contributed by atoms with E-state index < -0.39 is 0 Å². The maximum absolute atomic E-state index is 12.3. The lowest BCUT2D eigenvalue weighted by atomic mass is 10.2. The highest BCUT2D eigenvalue weighted by atomic mass is 32.1. The van der Waals surface area contributed by atoms with Gasteiger partial charge in [0.15, 0.2) is 11.5 Å². The molecule has 0 fully saturated rings. The van der Waals surface area contributed by atoms with Gasteiger partial charge in [0.1, 0.15) is 5.56 Å². The number of amides is 2. The molecule has 0 bridgehead atoms. The molecule has 152 valence electrons. The molecule has 2 amide bonds. The van der Waals surface area contributed by atoms with Crippen molar-refractivity contribution in [1.82, 2.24) is 20.8 Å². The minimum absolute atomic E-state index is 0.183. The topological polar surface area (TPSA) is 116 Å². The maximum Gasteiger partial charge on any atom is 0.273 e. The number of hydrogen-bond acceptors (Lipinski definition) is 8. The van der Waals surface area contributed by atoms with Crippen molar-refractivity contribution >= 4 is 23.2 Å². The van der Waals surface area contributed by atoms with E-state index >= 15 is 0 Å². The Kier molecular flexibility index (Phi) is 6.80. The first-order chi connectivity index (χ1) is 14.1. The minimum atomic E-state index is -0.330. The molecule has 10 heteroatoms. The monoisotopic (exact) mass is 416 g/mol. The highest BCUT2D eigenvalue weighted by molar-refractivity contribution is 7.13. The summed E-state index contributed by atoms with van der Waals surface area (Å²) in [5, 5.41) is 11.2. The predicted molar refractivity (Wildman–Crippen MR) is 106 cm³/mol. The number of nitrogens with zero attached hydrogens (tertiary/aromatic N) is 2. The summed E-state index contributed by atoms with van der Waals surface area (Å²) in [4.78, 5) is 29.4. The van der Waals surface area contributed by atoms with Crippen molar-refractivity contribution in [2.45, 2.75) is 6.42 Å². The van der Waals surface area contributed by atoms with Crippen LogP contribution in [0.2, 0.25) is 0 Å². The van der Waals surface area contributed by atoms with Crippen molar-refractivity contribution in [1.29, 1.82) is 0 Å². The Labute approximate surface area is 171 Å². The molecule has 0 radical (unpaired) electrons. The van der Waals surface area contributed by atoms with E-state index in [1.165, 1.54) is 25.6 Å². The lowest BCUT2D eigenvalue weighted by molar-refractivity contribution is 0.0944. The fraction of sp³-hybridized carbons (Fsp3) is 0.263. The van der Waals surface area contributed by atoms with Crippen LogP contribution in [0.1, 0.15) is 27.3 Å². The van der Waals surface area contributed by atoms with E-state index in [2.05, 4.69) is 20.8 Å². The van der Waals surface area contributed by atoms with Gasteiger partial charge in [0.2, 0.25) is 11.8 Å². The average molecular weight is 416 g/mol.